The van der Waals surface area contributed by atoms with E-state index in [0.717, 1.165) is 55.9 Å². The van der Waals surface area contributed by atoms with Crippen LogP contribution in [-0.2, 0) is 17.9 Å². The Bertz CT molecular complexity index is 1760. The lowest BCUT2D eigenvalue weighted by Gasteiger charge is -2.27. The van der Waals surface area contributed by atoms with E-state index in [1.807, 2.05) is 25.2 Å². The van der Waals surface area contributed by atoms with Gasteiger partial charge < -0.3 is 9.67 Å². The maximum atomic E-state index is 11.5. The smallest absolute Gasteiger partial charge is 0.144 e. The van der Waals surface area contributed by atoms with Crippen molar-refractivity contribution in [3.05, 3.63) is 89.6 Å². The number of imidazole rings is 1. The Morgan fingerprint density at radius 2 is 1.54 bits per heavy atom. The van der Waals surface area contributed by atoms with Gasteiger partial charge in [0.05, 0.1) is 33.9 Å². The van der Waals surface area contributed by atoms with E-state index in [1.54, 1.807) is 18.3 Å². The Kier molecular flexibility index (Phi) is 6.31. The van der Waals surface area contributed by atoms with Gasteiger partial charge in [0.25, 0.3) is 0 Å². The Balaban J connectivity index is 1.71. The number of aromatic hydroxyl groups is 1. The molecule has 0 aliphatic rings. The first-order valence-corrected chi connectivity index (χ1v) is 13.2. The number of hydrogen-bond acceptors (Lipinski definition) is 4. The normalized spacial score (nSPS) is 12.1. The van der Waals surface area contributed by atoms with E-state index in [4.69, 9.17) is 4.98 Å². The number of aryl methyl sites for hydroxylation is 1. The topological polar surface area (TPSA) is 74.7 Å². The summed E-state index contributed by atoms with van der Waals surface area (Å²) in [6, 6.07) is 24.2. The lowest BCUT2D eigenvalue weighted by molar-refractivity contribution is 0.446. The summed E-state index contributed by atoms with van der Waals surface area (Å²) in [5.74, 6) is 1.01. The molecule has 5 aromatic rings. The minimum Gasteiger partial charge on any atom is -0.507 e. The Morgan fingerprint density at radius 1 is 0.821 bits per heavy atom. The van der Waals surface area contributed by atoms with Gasteiger partial charge in [-0.3, -0.25) is 4.98 Å². The van der Waals surface area contributed by atoms with Gasteiger partial charge in [-0.2, -0.15) is 5.26 Å². The second-order valence-corrected chi connectivity index (χ2v) is 12.2. The van der Waals surface area contributed by atoms with Crippen LogP contribution < -0.4 is 0 Å². The predicted molar refractivity (Wildman–Crippen MR) is 159 cm³/mol. The molecule has 0 fully saturated rings. The molecule has 196 valence electrons. The number of fused-ring (bicyclic) bond motifs is 1. The van der Waals surface area contributed by atoms with Crippen LogP contribution in [0.4, 0.5) is 0 Å². The van der Waals surface area contributed by atoms with E-state index in [0.29, 0.717) is 5.56 Å². The zero-order chi connectivity index (χ0) is 28.1. The summed E-state index contributed by atoms with van der Waals surface area (Å²) in [5.41, 5.74) is 8.61. The molecule has 0 unspecified atom stereocenters. The molecule has 5 heteroatoms. The van der Waals surface area contributed by atoms with Crippen molar-refractivity contribution in [2.75, 3.05) is 0 Å². The Morgan fingerprint density at radius 3 is 2.23 bits per heavy atom. The molecule has 2 aromatic heterocycles. The fourth-order valence-electron chi connectivity index (χ4n) is 5.00. The molecule has 39 heavy (non-hydrogen) atoms. The van der Waals surface area contributed by atoms with Crippen LogP contribution in [0.25, 0.3) is 44.8 Å². The molecule has 5 nitrogen and oxygen atoms in total. The summed E-state index contributed by atoms with van der Waals surface area (Å²) in [4.78, 5) is 9.62. The van der Waals surface area contributed by atoms with Gasteiger partial charge in [0.15, 0.2) is 0 Å². The number of nitriles is 1. The van der Waals surface area contributed by atoms with Crippen LogP contribution in [-0.4, -0.2) is 19.6 Å². The molecule has 3 aromatic carbocycles. The second kappa shape index (κ2) is 9.39. The van der Waals surface area contributed by atoms with Gasteiger partial charge in [-0.25, -0.2) is 4.98 Å². The number of pyridine rings is 1. The van der Waals surface area contributed by atoms with Gasteiger partial charge in [0.1, 0.15) is 11.6 Å². The van der Waals surface area contributed by atoms with Crippen molar-refractivity contribution in [2.24, 2.45) is 7.05 Å². The molecule has 0 radical (unpaired) electrons. The molecule has 0 amide bonds. The number of phenolic OH excluding ortho intramolecular Hbond substituents is 1. The molecular weight excluding hydrogens is 480 g/mol. The first kappa shape index (κ1) is 26.2. The zero-order valence-corrected chi connectivity index (χ0v) is 23.7. The summed E-state index contributed by atoms with van der Waals surface area (Å²) in [7, 11) is 2.00. The zero-order valence-electron chi connectivity index (χ0n) is 23.7. The first-order chi connectivity index (χ1) is 18.4. The highest BCUT2D eigenvalue weighted by Crippen LogP contribution is 2.43. The van der Waals surface area contributed by atoms with Crippen LogP contribution in [0.1, 0.15) is 58.2 Å². The van der Waals surface area contributed by atoms with Crippen molar-refractivity contribution in [2.45, 2.75) is 52.4 Å². The van der Waals surface area contributed by atoms with Gasteiger partial charge in [0, 0.05) is 29.9 Å². The van der Waals surface area contributed by atoms with Crippen molar-refractivity contribution in [1.82, 2.24) is 14.5 Å². The second-order valence-electron chi connectivity index (χ2n) is 12.2. The molecule has 0 saturated carbocycles. The number of hydrogen-bond donors (Lipinski definition) is 1. The van der Waals surface area contributed by atoms with Gasteiger partial charge in [-0.1, -0.05) is 77.9 Å². The quantitative estimate of drug-likeness (QED) is 0.264. The molecule has 5 rings (SSSR count). The summed E-state index contributed by atoms with van der Waals surface area (Å²) in [5, 5.41) is 20.8. The molecule has 1 N–H and O–H groups in total. The third-order valence-electron chi connectivity index (χ3n) is 7.29. The number of rotatable bonds is 3. The van der Waals surface area contributed by atoms with Gasteiger partial charge >= 0.3 is 0 Å². The average molecular weight is 515 g/mol. The van der Waals surface area contributed by atoms with Crippen molar-refractivity contribution in [3.63, 3.8) is 0 Å². The molecule has 2 heterocycles. The van der Waals surface area contributed by atoms with Crippen LogP contribution in [0.2, 0.25) is 0 Å². The van der Waals surface area contributed by atoms with Crippen LogP contribution in [0.3, 0.4) is 0 Å². The predicted octanol–water partition coefficient (Wildman–Crippen LogP) is 8.14. The highest BCUT2D eigenvalue weighted by atomic mass is 16.3. The molecule has 0 saturated heterocycles. The fourth-order valence-corrected chi connectivity index (χ4v) is 5.00. The summed E-state index contributed by atoms with van der Waals surface area (Å²) < 4.78 is 2.06. The van der Waals surface area contributed by atoms with Gasteiger partial charge in [-0.05, 0) is 52.3 Å². The lowest BCUT2D eigenvalue weighted by Crippen LogP contribution is -2.17. The standard InChI is InChI=1S/C34H34N4O/c1-33(2,3)24-18-26(31(39)27(19-24)34(4,5)6)32-37-30-25(12-9-13-29(30)38(32)7)22-10-8-11-23(17-22)28-16-21(20-35)14-15-36-28/h8-19,39H,1-7H3. The summed E-state index contributed by atoms with van der Waals surface area (Å²) >= 11 is 0. The minimum atomic E-state index is -0.229. The molecule has 0 aliphatic carbocycles. The van der Waals surface area contributed by atoms with E-state index in [1.165, 1.54) is 0 Å². The van der Waals surface area contributed by atoms with Gasteiger partial charge in [-0.15, -0.1) is 0 Å². The first-order valence-electron chi connectivity index (χ1n) is 13.2. The minimum absolute atomic E-state index is 0.0878. The number of benzene rings is 3. The third-order valence-corrected chi connectivity index (χ3v) is 7.29. The van der Waals surface area contributed by atoms with Crippen LogP contribution in [0.15, 0.2) is 72.9 Å². The lowest BCUT2D eigenvalue weighted by atomic mass is 9.79. The molecule has 0 atom stereocenters. The largest absolute Gasteiger partial charge is 0.507 e. The van der Waals surface area contributed by atoms with Crippen molar-refractivity contribution >= 4 is 11.0 Å². The van der Waals surface area contributed by atoms with E-state index >= 15 is 0 Å². The average Bonchev–Trinajstić information content (AvgIpc) is 3.23. The fraction of sp³-hybridized carbons (Fsp3) is 0.265. The molecule has 0 bridgehead atoms. The number of para-hydroxylation sites is 1. The maximum Gasteiger partial charge on any atom is 0.144 e. The summed E-state index contributed by atoms with van der Waals surface area (Å²) in [6.07, 6.45) is 1.66. The molecule has 0 aliphatic heterocycles. The molecule has 0 spiro atoms. The number of nitrogens with zero attached hydrogens (tertiary/aromatic N) is 4. The third kappa shape index (κ3) is 4.79. The SMILES string of the molecule is Cn1c(-c2cc(C(C)(C)C)cc(C(C)(C)C)c2O)nc2c(-c3cccc(-c4cc(C#N)ccn4)c3)cccc21. The number of phenols is 1. The number of aromatic nitrogens is 3. The van der Waals surface area contributed by atoms with Gasteiger partial charge in [0.2, 0.25) is 0 Å². The Hall–Kier alpha value is -4.43. The highest BCUT2D eigenvalue weighted by Gasteiger charge is 2.27. The summed E-state index contributed by atoms with van der Waals surface area (Å²) in [6.45, 7) is 12.9. The van der Waals surface area contributed by atoms with E-state index in [2.05, 4.69) is 93.6 Å². The van der Waals surface area contributed by atoms with Crippen molar-refractivity contribution in [3.8, 4) is 45.6 Å². The Labute approximate surface area is 230 Å². The van der Waals surface area contributed by atoms with Crippen LogP contribution >= 0.6 is 0 Å². The van der Waals surface area contributed by atoms with E-state index in [9.17, 15) is 10.4 Å². The van der Waals surface area contributed by atoms with Crippen LogP contribution in [0.5, 0.6) is 5.75 Å². The monoisotopic (exact) mass is 514 g/mol. The van der Waals surface area contributed by atoms with Crippen molar-refractivity contribution < 1.29 is 5.11 Å². The maximum absolute atomic E-state index is 11.5. The van der Waals surface area contributed by atoms with Crippen LogP contribution in [0, 0.1) is 11.3 Å². The van der Waals surface area contributed by atoms with Crippen molar-refractivity contribution in [1.29, 1.82) is 5.26 Å². The van der Waals surface area contributed by atoms with E-state index < -0.39 is 0 Å². The highest BCUT2D eigenvalue weighted by molar-refractivity contribution is 5.95. The van der Waals surface area contributed by atoms with E-state index in [-0.39, 0.29) is 16.6 Å². The molecular formula is C34H34N4O.